The van der Waals surface area contributed by atoms with Crippen molar-refractivity contribution >= 4 is 50.1 Å². The summed E-state index contributed by atoms with van der Waals surface area (Å²) in [6, 6.07) is 24.2. The normalized spacial score (nSPS) is 11.8. The molecule has 3 heterocycles. The lowest BCUT2D eigenvalue weighted by Gasteiger charge is -2.12. The highest BCUT2D eigenvalue weighted by Crippen LogP contribution is 2.31. The van der Waals surface area contributed by atoms with Gasteiger partial charge in [-0.05, 0) is 30.0 Å². The van der Waals surface area contributed by atoms with Crippen LogP contribution in [0.25, 0.3) is 38.4 Å². The number of ether oxygens (including phenoxy) is 1. The molecular formula is C27H23N5O2S. The van der Waals surface area contributed by atoms with Crippen LogP contribution in [-0.4, -0.2) is 37.9 Å². The first-order chi connectivity index (χ1) is 17.3. The fraction of sp³-hybridized carbons (Fsp3) is 0.185. The molecule has 0 N–H and O–H groups in total. The fourth-order valence-corrected chi connectivity index (χ4v) is 5.51. The topological polar surface area (TPSA) is 74.3 Å². The van der Waals surface area contributed by atoms with Crippen molar-refractivity contribution in [2.45, 2.75) is 23.9 Å². The first kappa shape index (κ1) is 21.8. The van der Waals surface area contributed by atoms with Gasteiger partial charge in [-0.3, -0.25) is 18.7 Å². The van der Waals surface area contributed by atoms with Crippen LogP contribution in [0.1, 0.15) is 12.1 Å². The summed E-state index contributed by atoms with van der Waals surface area (Å²) >= 11 is 1.58. The molecule has 6 aromatic rings. The minimum Gasteiger partial charge on any atom is -0.385 e. The minimum atomic E-state index is -0.0599. The summed E-state index contributed by atoms with van der Waals surface area (Å²) in [5.41, 5.74) is 2.72. The maximum Gasteiger partial charge on any atom is 0.262 e. The number of aryl methyl sites for hydroxylation is 1. The average molecular weight is 482 g/mol. The number of hydrogen-bond acceptors (Lipinski definition) is 6. The van der Waals surface area contributed by atoms with Crippen molar-refractivity contribution in [3.8, 4) is 0 Å². The summed E-state index contributed by atoms with van der Waals surface area (Å²) in [6.07, 6.45) is 0.715. The highest BCUT2D eigenvalue weighted by molar-refractivity contribution is 7.98. The zero-order valence-corrected chi connectivity index (χ0v) is 20.0. The van der Waals surface area contributed by atoms with Crippen LogP contribution in [0.15, 0.2) is 82.7 Å². The average Bonchev–Trinajstić information content (AvgIpc) is 3.33. The highest BCUT2D eigenvalue weighted by Gasteiger charge is 2.17. The Morgan fingerprint density at radius 1 is 0.857 bits per heavy atom. The molecule has 0 amide bonds. The number of benzene rings is 3. The van der Waals surface area contributed by atoms with E-state index in [0.29, 0.717) is 36.5 Å². The van der Waals surface area contributed by atoms with Crippen LogP contribution >= 0.6 is 11.8 Å². The second-order valence-corrected chi connectivity index (χ2v) is 9.29. The first-order valence-corrected chi connectivity index (χ1v) is 12.5. The van der Waals surface area contributed by atoms with Crippen molar-refractivity contribution in [3.63, 3.8) is 0 Å². The summed E-state index contributed by atoms with van der Waals surface area (Å²) in [7, 11) is 1.66. The lowest BCUT2D eigenvalue weighted by Crippen LogP contribution is -2.24. The van der Waals surface area contributed by atoms with Gasteiger partial charge in [-0.2, -0.15) is 0 Å². The maximum absolute atomic E-state index is 13.2. The van der Waals surface area contributed by atoms with E-state index in [1.165, 1.54) is 5.39 Å². The molecule has 3 aromatic carbocycles. The van der Waals surface area contributed by atoms with Crippen molar-refractivity contribution in [3.05, 3.63) is 88.8 Å². The van der Waals surface area contributed by atoms with Gasteiger partial charge in [-0.1, -0.05) is 66.4 Å². The third-order valence-corrected chi connectivity index (χ3v) is 7.17. The Kier molecular flexibility index (Phi) is 5.67. The molecule has 0 spiro atoms. The third-order valence-electron chi connectivity index (χ3n) is 6.23. The number of pyridine rings is 1. The first-order valence-electron chi connectivity index (χ1n) is 11.5. The van der Waals surface area contributed by atoms with E-state index >= 15 is 0 Å². The molecule has 0 saturated heterocycles. The van der Waals surface area contributed by atoms with Crippen LogP contribution in [0, 0.1) is 0 Å². The van der Waals surface area contributed by atoms with Crippen LogP contribution in [0.2, 0.25) is 0 Å². The fourth-order valence-electron chi connectivity index (χ4n) is 4.61. The summed E-state index contributed by atoms with van der Waals surface area (Å²) in [5.74, 6) is 1.17. The SMILES string of the molecule is COCCCn1c(=O)c2ccccc2n2c(SCc3nc4ccccc4c4ccccc34)nnc12. The van der Waals surface area contributed by atoms with E-state index in [0.717, 1.165) is 32.7 Å². The number of rotatable bonds is 7. The predicted molar refractivity (Wildman–Crippen MR) is 140 cm³/mol. The molecule has 0 atom stereocenters. The summed E-state index contributed by atoms with van der Waals surface area (Å²) < 4.78 is 8.87. The maximum atomic E-state index is 13.2. The van der Waals surface area contributed by atoms with Crippen LogP contribution in [0.4, 0.5) is 0 Å². The van der Waals surface area contributed by atoms with Crippen LogP contribution < -0.4 is 5.56 Å². The molecule has 0 fully saturated rings. The second kappa shape index (κ2) is 9.13. The molecule has 0 radical (unpaired) electrons. The summed E-state index contributed by atoms with van der Waals surface area (Å²) in [6.45, 7) is 1.09. The Morgan fingerprint density at radius 2 is 1.57 bits per heavy atom. The molecule has 8 heteroatoms. The molecule has 7 nitrogen and oxygen atoms in total. The Labute approximate surface area is 205 Å². The zero-order chi connectivity index (χ0) is 23.8. The molecule has 0 aliphatic carbocycles. The van der Waals surface area contributed by atoms with Crippen LogP contribution in [-0.2, 0) is 17.0 Å². The molecule has 35 heavy (non-hydrogen) atoms. The van der Waals surface area contributed by atoms with Gasteiger partial charge in [0.1, 0.15) is 0 Å². The Hall–Kier alpha value is -3.75. The van der Waals surface area contributed by atoms with Crippen molar-refractivity contribution < 1.29 is 4.74 Å². The molecule has 0 aliphatic rings. The largest absolute Gasteiger partial charge is 0.385 e. The van der Waals surface area contributed by atoms with Crippen molar-refractivity contribution in [2.75, 3.05) is 13.7 Å². The Balaban J connectivity index is 1.46. The van der Waals surface area contributed by atoms with Crippen molar-refractivity contribution in [1.82, 2.24) is 24.1 Å². The van der Waals surface area contributed by atoms with E-state index in [-0.39, 0.29) is 5.56 Å². The van der Waals surface area contributed by atoms with Gasteiger partial charge in [-0.15, -0.1) is 10.2 Å². The molecule has 6 rings (SSSR count). The number of nitrogens with zero attached hydrogens (tertiary/aromatic N) is 5. The van der Waals surface area contributed by atoms with Crippen LogP contribution in [0.5, 0.6) is 0 Å². The van der Waals surface area contributed by atoms with E-state index in [4.69, 9.17) is 9.72 Å². The summed E-state index contributed by atoms with van der Waals surface area (Å²) in [4.78, 5) is 18.2. The highest BCUT2D eigenvalue weighted by atomic mass is 32.2. The smallest absolute Gasteiger partial charge is 0.262 e. The lowest BCUT2D eigenvalue weighted by atomic mass is 10.0. The van der Waals surface area contributed by atoms with E-state index in [1.54, 1.807) is 23.4 Å². The Bertz CT molecular complexity index is 1760. The minimum absolute atomic E-state index is 0.0599. The second-order valence-electron chi connectivity index (χ2n) is 8.35. The van der Waals surface area contributed by atoms with E-state index in [2.05, 4.69) is 40.5 Å². The number of fused-ring (bicyclic) bond motifs is 6. The van der Waals surface area contributed by atoms with Crippen LogP contribution in [0.3, 0.4) is 0 Å². The van der Waals surface area contributed by atoms with Gasteiger partial charge in [0.05, 0.1) is 22.1 Å². The monoisotopic (exact) mass is 481 g/mol. The molecule has 0 unspecified atom stereocenters. The molecule has 0 bridgehead atoms. The molecule has 0 saturated carbocycles. The Morgan fingerprint density at radius 3 is 2.40 bits per heavy atom. The van der Waals surface area contributed by atoms with Gasteiger partial charge in [-0.25, -0.2) is 0 Å². The van der Waals surface area contributed by atoms with Gasteiger partial charge in [0.2, 0.25) is 5.78 Å². The number of aromatic nitrogens is 5. The predicted octanol–water partition coefficient (Wildman–Crippen LogP) is 5.07. The standard InChI is InChI=1S/C27H23N5O2S/c1-34-16-8-15-31-25(33)21-12-5-7-14-24(21)32-26(31)29-30-27(32)35-17-23-20-11-3-2-9-18(20)19-10-4-6-13-22(19)28-23/h2-7,9-14H,8,15-17H2,1H3. The number of hydrogen-bond donors (Lipinski definition) is 0. The molecule has 0 aliphatic heterocycles. The molecule has 174 valence electrons. The third kappa shape index (κ3) is 3.75. The van der Waals surface area contributed by atoms with Gasteiger partial charge >= 0.3 is 0 Å². The van der Waals surface area contributed by atoms with Crippen molar-refractivity contribution in [2.24, 2.45) is 0 Å². The van der Waals surface area contributed by atoms with Crippen molar-refractivity contribution in [1.29, 1.82) is 0 Å². The number of thioether (sulfide) groups is 1. The van der Waals surface area contributed by atoms with Gasteiger partial charge < -0.3 is 4.74 Å². The van der Waals surface area contributed by atoms with Gasteiger partial charge in [0.25, 0.3) is 5.56 Å². The quantitative estimate of drug-likeness (QED) is 0.180. The van der Waals surface area contributed by atoms with Gasteiger partial charge in [0, 0.05) is 36.8 Å². The lowest BCUT2D eigenvalue weighted by molar-refractivity contribution is 0.190. The number of para-hydroxylation sites is 2. The molecular weight excluding hydrogens is 458 g/mol. The number of methoxy groups -OCH3 is 1. The van der Waals surface area contributed by atoms with E-state index < -0.39 is 0 Å². The molecule has 3 aromatic heterocycles. The zero-order valence-electron chi connectivity index (χ0n) is 19.2. The van der Waals surface area contributed by atoms with Gasteiger partial charge in [0.15, 0.2) is 5.16 Å². The van der Waals surface area contributed by atoms with E-state index in [1.807, 2.05) is 46.9 Å². The van der Waals surface area contributed by atoms with E-state index in [9.17, 15) is 4.79 Å². The summed E-state index contributed by atoms with van der Waals surface area (Å²) in [5, 5.41) is 13.8.